The minimum atomic E-state index is -0.0399. The number of nitrogens with zero attached hydrogens (tertiary/aromatic N) is 3. The van der Waals surface area contributed by atoms with Crippen molar-refractivity contribution in [2.45, 2.75) is 51.2 Å². The molecule has 1 aromatic carbocycles. The largest absolute Gasteiger partial charge is 0.472 e. The maximum atomic E-state index is 12.2. The molecule has 2 fully saturated rings. The summed E-state index contributed by atoms with van der Waals surface area (Å²) >= 11 is 0. The van der Waals surface area contributed by atoms with Gasteiger partial charge >= 0.3 is 0 Å². The summed E-state index contributed by atoms with van der Waals surface area (Å²) in [7, 11) is 0. The van der Waals surface area contributed by atoms with Crippen LogP contribution in [-0.2, 0) is 6.54 Å². The maximum Gasteiger partial charge on any atom is 0.251 e. The van der Waals surface area contributed by atoms with Crippen molar-refractivity contribution < 1.29 is 9.21 Å². The Balaban J connectivity index is 1.47. The van der Waals surface area contributed by atoms with E-state index < -0.39 is 0 Å². The number of benzene rings is 1. The predicted molar refractivity (Wildman–Crippen MR) is 123 cm³/mol. The summed E-state index contributed by atoms with van der Waals surface area (Å²) < 4.78 is 5.29. The van der Waals surface area contributed by atoms with Crippen LogP contribution in [-0.4, -0.2) is 39.4 Å². The molecule has 0 spiro atoms. The van der Waals surface area contributed by atoms with Crippen molar-refractivity contribution in [3.63, 3.8) is 0 Å². The van der Waals surface area contributed by atoms with Crippen LogP contribution in [0.4, 0.5) is 0 Å². The van der Waals surface area contributed by atoms with Gasteiger partial charge in [-0.05, 0) is 61.9 Å². The minimum absolute atomic E-state index is 0.0399. The van der Waals surface area contributed by atoms with E-state index in [2.05, 4.69) is 38.4 Å². The number of hydrogen-bond donors (Lipinski definition) is 1. The molecule has 0 aliphatic carbocycles. The summed E-state index contributed by atoms with van der Waals surface area (Å²) in [6.07, 6.45) is 13.5. The van der Waals surface area contributed by atoms with Crippen molar-refractivity contribution in [3.05, 3.63) is 89.4 Å². The summed E-state index contributed by atoms with van der Waals surface area (Å²) in [5, 5.41) is 2.87. The molecular weight excluding hydrogens is 400 g/mol. The van der Waals surface area contributed by atoms with Gasteiger partial charge in [-0.1, -0.05) is 17.7 Å². The maximum absolute atomic E-state index is 12.2. The molecule has 5 rings (SSSR count). The smallest absolute Gasteiger partial charge is 0.251 e. The second kappa shape index (κ2) is 9.09. The third-order valence-corrected chi connectivity index (χ3v) is 6.66. The van der Waals surface area contributed by atoms with Crippen LogP contribution in [0, 0.1) is 0 Å². The number of aromatic nitrogens is 2. The van der Waals surface area contributed by atoms with E-state index in [9.17, 15) is 4.79 Å². The molecule has 1 N–H and O–H groups in total. The number of furan rings is 1. The quantitative estimate of drug-likeness (QED) is 0.628. The summed E-state index contributed by atoms with van der Waals surface area (Å²) in [6.45, 7) is 3.50. The van der Waals surface area contributed by atoms with Gasteiger partial charge in [0.25, 0.3) is 5.91 Å². The van der Waals surface area contributed by atoms with Gasteiger partial charge in [-0.3, -0.25) is 9.69 Å². The Morgan fingerprint density at radius 3 is 2.34 bits per heavy atom. The Hall–Kier alpha value is -3.25. The van der Waals surface area contributed by atoms with Gasteiger partial charge in [0.1, 0.15) is 6.33 Å². The zero-order valence-corrected chi connectivity index (χ0v) is 18.3. The number of hydrogen-bond acceptors (Lipinski definition) is 5. The van der Waals surface area contributed by atoms with Crippen LogP contribution in [0.5, 0.6) is 0 Å². The molecule has 164 valence electrons. The minimum Gasteiger partial charge on any atom is -0.472 e. The van der Waals surface area contributed by atoms with Crippen molar-refractivity contribution in [2.24, 2.45) is 0 Å². The van der Waals surface area contributed by atoms with E-state index in [0.29, 0.717) is 24.2 Å². The lowest BCUT2D eigenvalue weighted by atomic mass is 9.86. The first kappa shape index (κ1) is 20.6. The van der Waals surface area contributed by atoms with E-state index in [0.717, 1.165) is 30.5 Å². The summed E-state index contributed by atoms with van der Waals surface area (Å²) in [5.41, 5.74) is 6.75. The molecule has 0 saturated carbocycles. The van der Waals surface area contributed by atoms with Gasteiger partial charge in [0.2, 0.25) is 0 Å². The molecule has 0 radical (unpaired) electrons. The van der Waals surface area contributed by atoms with Crippen molar-refractivity contribution in [2.75, 3.05) is 6.54 Å². The van der Waals surface area contributed by atoms with Crippen LogP contribution in [0.15, 0.2) is 71.6 Å². The van der Waals surface area contributed by atoms with E-state index in [1.165, 1.54) is 29.6 Å². The Labute approximate surface area is 188 Å². The number of piperidine rings is 1. The van der Waals surface area contributed by atoms with Crippen molar-refractivity contribution >= 4 is 11.5 Å². The fourth-order valence-electron chi connectivity index (χ4n) is 5.22. The summed E-state index contributed by atoms with van der Waals surface area (Å²) in [4.78, 5) is 23.4. The average molecular weight is 429 g/mol. The summed E-state index contributed by atoms with van der Waals surface area (Å²) in [5.74, 6) is -0.0399. The molecule has 2 atom stereocenters. The first-order chi connectivity index (χ1) is 15.7. The van der Waals surface area contributed by atoms with Crippen LogP contribution in [0.2, 0.25) is 0 Å². The van der Waals surface area contributed by atoms with E-state index in [-0.39, 0.29) is 5.91 Å². The third-order valence-electron chi connectivity index (χ3n) is 6.66. The highest BCUT2D eigenvalue weighted by atomic mass is 16.3. The number of carbonyl (C=O) groups excluding carboxylic acids is 1. The second-order valence-corrected chi connectivity index (χ2v) is 8.64. The first-order valence-electron chi connectivity index (χ1n) is 11.4. The average Bonchev–Trinajstić information content (AvgIpc) is 3.41. The predicted octanol–water partition coefficient (Wildman–Crippen LogP) is 4.45. The van der Waals surface area contributed by atoms with Crippen molar-refractivity contribution in [1.29, 1.82) is 0 Å². The fraction of sp³-hybridized carbons (Fsp3) is 0.346. The van der Waals surface area contributed by atoms with Crippen LogP contribution in [0.1, 0.15) is 59.7 Å². The Kier molecular flexibility index (Phi) is 5.86. The lowest BCUT2D eigenvalue weighted by molar-refractivity contribution is 0.0956. The number of carbonyl (C=O) groups is 1. The zero-order chi connectivity index (χ0) is 21.9. The molecule has 2 saturated heterocycles. The number of rotatable bonds is 6. The molecule has 6 heteroatoms. The molecule has 6 nitrogen and oxygen atoms in total. The molecule has 2 bridgehead atoms. The number of amides is 1. The van der Waals surface area contributed by atoms with Gasteiger partial charge in [0, 0.05) is 54.3 Å². The fourth-order valence-corrected chi connectivity index (χ4v) is 5.22. The highest BCUT2D eigenvalue weighted by Gasteiger charge is 2.39. The molecule has 32 heavy (non-hydrogen) atoms. The van der Waals surface area contributed by atoms with Crippen molar-refractivity contribution in [1.82, 2.24) is 20.2 Å². The SMILES string of the molecule is CCNC(=O)c1ccc(C(=C2CC3CCC(C2)N3Cc2ccoc2)c2cncnc2)cc1. The van der Waals surface area contributed by atoms with Gasteiger partial charge in [-0.25, -0.2) is 9.97 Å². The Morgan fingerprint density at radius 2 is 1.72 bits per heavy atom. The molecule has 2 aromatic heterocycles. The molecule has 4 heterocycles. The van der Waals surface area contributed by atoms with E-state index in [1.54, 1.807) is 12.6 Å². The van der Waals surface area contributed by atoms with Crippen LogP contribution < -0.4 is 5.32 Å². The summed E-state index contributed by atoms with van der Waals surface area (Å²) in [6, 6.07) is 11.1. The normalized spacial score (nSPS) is 20.3. The number of nitrogens with one attached hydrogen (secondary N) is 1. The third kappa shape index (κ3) is 4.10. The topological polar surface area (TPSA) is 71.3 Å². The van der Waals surface area contributed by atoms with Crippen LogP contribution in [0.3, 0.4) is 0 Å². The second-order valence-electron chi connectivity index (χ2n) is 8.64. The standard InChI is InChI=1S/C26H28N4O2/c1-2-29-26(31)20-5-3-19(4-6-20)25(22-13-27-17-28-14-22)21-11-23-7-8-24(12-21)30(23)15-18-9-10-32-16-18/h3-6,9-10,13-14,16-17,23-24H,2,7-8,11-12,15H2,1H3,(H,29,31). The van der Waals surface area contributed by atoms with E-state index >= 15 is 0 Å². The highest BCUT2D eigenvalue weighted by molar-refractivity contribution is 5.94. The highest BCUT2D eigenvalue weighted by Crippen LogP contribution is 2.43. The van der Waals surface area contributed by atoms with Gasteiger partial charge in [0.15, 0.2) is 0 Å². The van der Waals surface area contributed by atoms with E-state index in [1.807, 2.05) is 37.7 Å². The lowest BCUT2D eigenvalue weighted by Gasteiger charge is -2.37. The van der Waals surface area contributed by atoms with Crippen LogP contribution in [0.25, 0.3) is 5.57 Å². The molecule has 2 aliphatic rings. The molecule has 2 aliphatic heterocycles. The van der Waals surface area contributed by atoms with Gasteiger partial charge < -0.3 is 9.73 Å². The zero-order valence-electron chi connectivity index (χ0n) is 18.3. The lowest BCUT2D eigenvalue weighted by Crippen LogP contribution is -2.40. The molecular formula is C26H28N4O2. The van der Waals surface area contributed by atoms with Crippen molar-refractivity contribution in [3.8, 4) is 0 Å². The Morgan fingerprint density at radius 1 is 1.03 bits per heavy atom. The molecule has 2 unspecified atom stereocenters. The molecule has 3 aromatic rings. The van der Waals surface area contributed by atoms with Gasteiger partial charge in [-0.2, -0.15) is 0 Å². The monoisotopic (exact) mass is 428 g/mol. The first-order valence-corrected chi connectivity index (χ1v) is 11.4. The van der Waals surface area contributed by atoms with Crippen LogP contribution >= 0.6 is 0 Å². The Bertz CT molecular complexity index is 1070. The van der Waals surface area contributed by atoms with Gasteiger partial charge in [0.05, 0.1) is 12.5 Å². The number of fused-ring (bicyclic) bond motifs is 2. The van der Waals surface area contributed by atoms with E-state index in [4.69, 9.17) is 4.42 Å². The van der Waals surface area contributed by atoms with Gasteiger partial charge in [-0.15, -0.1) is 0 Å². The molecule has 1 amide bonds.